The van der Waals surface area contributed by atoms with Crippen molar-refractivity contribution in [2.75, 3.05) is 5.32 Å². The lowest BCUT2D eigenvalue weighted by atomic mass is 9.97. The van der Waals surface area contributed by atoms with Crippen molar-refractivity contribution in [2.24, 2.45) is 0 Å². The second-order valence-electron chi connectivity index (χ2n) is 7.29. The largest absolute Gasteiger partial charge is 0.325 e. The van der Waals surface area contributed by atoms with Gasteiger partial charge in [0.05, 0.1) is 23.6 Å². The molecule has 1 amide bonds. The van der Waals surface area contributed by atoms with E-state index in [4.69, 9.17) is 0 Å². The van der Waals surface area contributed by atoms with E-state index in [1.165, 1.54) is 16.9 Å². The van der Waals surface area contributed by atoms with Gasteiger partial charge >= 0.3 is 0 Å². The van der Waals surface area contributed by atoms with Crippen molar-refractivity contribution in [3.63, 3.8) is 0 Å². The number of fused-ring (bicyclic) bond motifs is 3. The van der Waals surface area contributed by atoms with Crippen LogP contribution in [-0.2, 0) is 24.2 Å². The minimum Gasteiger partial charge on any atom is -0.325 e. The summed E-state index contributed by atoms with van der Waals surface area (Å²) in [6, 6.07) is 5.38. The molecule has 4 heterocycles. The lowest BCUT2D eigenvalue weighted by Gasteiger charge is -2.10. The highest BCUT2D eigenvalue weighted by Gasteiger charge is 2.20. The van der Waals surface area contributed by atoms with Crippen LogP contribution in [0.3, 0.4) is 0 Å². The van der Waals surface area contributed by atoms with Gasteiger partial charge in [0.25, 0.3) is 5.56 Å². The Morgan fingerprint density at radius 1 is 1.20 bits per heavy atom. The van der Waals surface area contributed by atoms with Gasteiger partial charge in [0, 0.05) is 30.2 Å². The third-order valence-corrected chi connectivity index (χ3v) is 6.49. The predicted molar refractivity (Wildman–Crippen MR) is 115 cm³/mol. The number of carbonyl (C=O) groups is 1. The van der Waals surface area contributed by atoms with E-state index in [-0.39, 0.29) is 24.4 Å². The smallest absolute Gasteiger partial charge is 0.262 e. The number of nitrogens with one attached hydrogen (secondary N) is 1. The summed E-state index contributed by atoms with van der Waals surface area (Å²) >= 11 is 1.63. The van der Waals surface area contributed by atoms with Gasteiger partial charge in [0.15, 0.2) is 5.82 Å². The van der Waals surface area contributed by atoms with Gasteiger partial charge in [0.1, 0.15) is 4.83 Å². The highest BCUT2D eigenvalue weighted by atomic mass is 32.1. The van der Waals surface area contributed by atoms with Crippen molar-refractivity contribution in [3.8, 4) is 5.82 Å². The third kappa shape index (κ3) is 3.52. The van der Waals surface area contributed by atoms with Crippen molar-refractivity contribution in [3.05, 3.63) is 63.9 Å². The lowest BCUT2D eigenvalue weighted by molar-refractivity contribution is -0.116. The standard InChI is InChI=1S/C21H20N6O2S/c28-18(25-14-6-7-17(22-12-14)27-10-3-9-24-27)8-11-26-13-23-20-19(21(26)29)15-4-1-2-5-16(15)30-20/h3,6-7,9-10,12-13H,1-2,4-5,8,11H2,(H,25,28). The number of nitrogens with zero attached hydrogens (tertiary/aromatic N) is 5. The molecule has 0 radical (unpaired) electrons. The Balaban J connectivity index is 1.27. The number of amides is 1. The van der Waals surface area contributed by atoms with Crippen LogP contribution in [0.2, 0.25) is 0 Å². The SMILES string of the molecule is O=C(CCn1cnc2sc3c(c2c1=O)CCCC3)Nc1ccc(-n2cccn2)nc1. The summed E-state index contributed by atoms with van der Waals surface area (Å²) in [5, 5.41) is 7.69. The van der Waals surface area contributed by atoms with Gasteiger partial charge in [-0.05, 0) is 49.4 Å². The molecule has 0 atom stereocenters. The molecule has 0 saturated heterocycles. The van der Waals surface area contributed by atoms with E-state index < -0.39 is 0 Å². The topological polar surface area (TPSA) is 94.7 Å². The molecular weight excluding hydrogens is 400 g/mol. The lowest BCUT2D eigenvalue weighted by Crippen LogP contribution is -2.24. The van der Waals surface area contributed by atoms with Crippen LogP contribution in [0.1, 0.15) is 29.7 Å². The number of aryl methyl sites for hydroxylation is 3. The molecule has 0 aliphatic heterocycles. The van der Waals surface area contributed by atoms with Crippen LogP contribution in [0.25, 0.3) is 16.0 Å². The molecule has 152 valence electrons. The van der Waals surface area contributed by atoms with Gasteiger partial charge in [-0.15, -0.1) is 11.3 Å². The molecule has 0 saturated carbocycles. The molecule has 0 unspecified atom stereocenters. The quantitative estimate of drug-likeness (QED) is 0.536. The van der Waals surface area contributed by atoms with Crippen molar-refractivity contribution in [2.45, 2.75) is 38.6 Å². The first-order valence-electron chi connectivity index (χ1n) is 9.94. The molecule has 0 spiro atoms. The van der Waals surface area contributed by atoms with E-state index in [1.54, 1.807) is 57.6 Å². The summed E-state index contributed by atoms with van der Waals surface area (Å²) in [7, 11) is 0. The number of rotatable bonds is 5. The summed E-state index contributed by atoms with van der Waals surface area (Å²) in [6.07, 6.45) is 11.1. The monoisotopic (exact) mass is 420 g/mol. The Bertz CT molecular complexity index is 1260. The maximum absolute atomic E-state index is 13.0. The molecule has 4 aromatic heterocycles. The molecule has 4 aromatic rings. The number of pyridine rings is 1. The fourth-order valence-corrected chi connectivity index (χ4v) is 5.01. The summed E-state index contributed by atoms with van der Waals surface area (Å²) in [5.41, 5.74) is 1.72. The number of aromatic nitrogens is 5. The van der Waals surface area contributed by atoms with E-state index >= 15 is 0 Å². The normalized spacial score (nSPS) is 13.3. The van der Waals surface area contributed by atoms with Crippen LogP contribution in [0, 0.1) is 0 Å². The fourth-order valence-electron chi connectivity index (χ4n) is 3.79. The van der Waals surface area contributed by atoms with E-state index in [9.17, 15) is 9.59 Å². The molecule has 1 aliphatic carbocycles. The molecule has 8 nitrogen and oxygen atoms in total. The van der Waals surface area contributed by atoms with Crippen molar-refractivity contribution >= 4 is 33.1 Å². The van der Waals surface area contributed by atoms with E-state index in [0.717, 1.165) is 29.5 Å². The molecule has 9 heteroatoms. The zero-order valence-corrected chi connectivity index (χ0v) is 17.1. The van der Waals surface area contributed by atoms with Crippen LogP contribution in [0.15, 0.2) is 47.9 Å². The van der Waals surface area contributed by atoms with Gasteiger partial charge < -0.3 is 5.32 Å². The zero-order chi connectivity index (χ0) is 20.5. The van der Waals surface area contributed by atoms with Crippen LogP contribution < -0.4 is 10.9 Å². The second kappa shape index (κ2) is 7.83. The predicted octanol–water partition coefficient (Wildman–Crippen LogP) is 2.95. The first-order chi connectivity index (χ1) is 14.7. The van der Waals surface area contributed by atoms with Gasteiger partial charge in [-0.2, -0.15) is 5.10 Å². The number of carbonyl (C=O) groups excluding carboxylic acids is 1. The van der Waals surface area contributed by atoms with Crippen LogP contribution in [0.5, 0.6) is 0 Å². The average molecular weight is 420 g/mol. The Morgan fingerprint density at radius 2 is 2.10 bits per heavy atom. The van der Waals surface area contributed by atoms with Gasteiger partial charge in [-0.1, -0.05) is 0 Å². The highest BCUT2D eigenvalue weighted by Crippen LogP contribution is 2.33. The Kier molecular flexibility index (Phi) is 4.88. The number of hydrogen-bond acceptors (Lipinski definition) is 6. The maximum atomic E-state index is 13.0. The third-order valence-electron chi connectivity index (χ3n) is 5.29. The molecule has 1 aliphatic rings. The minimum atomic E-state index is -0.178. The van der Waals surface area contributed by atoms with Crippen LogP contribution in [0.4, 0.5) is 5.69 Å². The van der Waals surface area contributed by atoms with E-state index in [1.807, 2.05) is 6.07 Å². The first kappa shape index (κ1) is 18.7. The molecular formula is C21H20N6O2S. The maximum Gasteiger partial charge on any atom is 0.262 e. The van der Waals surface area contributed by atoms with Crippen molar-refractivity contribution in [1.29, 1.82) is 0 Å². The summed E-state index contributed by atoms with van der Waals surface area (Å²) < 4.78 is 3.19. The molecule has 0 bridgehead atoms. The molecule has 30 heavy (non-hydrogen) atoms. The molecule has 0 aromatic carbocycles. The van der Waals surface area contributed by atoms with E-state index in [0.29, 0.717) is 11.5 Å². The second-order valence-corrected chi connectivity index (χ2v) is 8.37. The van der Waals surface area contributed by atoms with Gasteiger partial charge in [-0.25, -0.2) is 14.6 Å². The fraction of sp³-hybridized carbons (Fsp3) is 0.286. The first-order valence-corrected chi connectivity index (χ1v) is 10.8. The van der Waals surface area contributed by atoms with Gasteiger partial charge in [0.2, 0.25) is 5.91 Å². The summed E-state index contributed by atoms with van der Waals surface area (Å²) in [4.78, 5) is 36.2. The highest BCUT2D eigenvalue weighted by molar-refractivity contribution is 7.18. The van der Waals surface area contributed by atoms with Gasteiger partial charge in [-0.3, -0.25) is 14.2 Å². The minimum absolute atomic E-state index is 0.0440. The average Bonchev–Trinajstić information content (AvgIpc) is 3.42. The molecule has 5 rings (SSSR count). The molecule has 0 fully saturated rings. The van der Waals surface area contributed by atoms with Crippen molar-refractivity contribution < 1.29 is 4.79 Å². The Morgan fingerprint density at radius 3 is 2.90 bits per heavy atom. The number of hydrogen-bond donors (Lipinski definition) is 1. The number of thiophene rings is 1. The zero-order valence-electron chi connectivity index (χ0n) is 16.2. The van der Waals surface area contributed by atoms with Crippen LogP contribution in [-0.4, -0.2) is 30.2 Å². The summed E-state index contributed by atoms with van der Waals surface area (Å²) in [6.45, 7) is 0.289. The van der Waals surface area contributed by atoms with Crippen LogP contribution >= 0.6 is 11.3 Å². The van der Waals surface area contributed by atoms with Crippen molar-refractivity contribution in [1.82, 2.24) is 24.3 Å². The number of anilines is 1. The Hall–Kier alpha value is -3.33. The molecule has 1 N–H and O–H groups in total. The summed E-state index contributed by atoms with van der Waals surface area (Å²) in [5.74, 6) is 0.492. The van der Waals surface area contributed by atoms with E-state index in [2.05, 4.69) is 20.4 Å². The Labute approximate surface area is 176 Å².